The molecule has 82 valence electrons. The molecule has 0 fully saturated rings. The van der Waals surface area contributed by atoms with Crippen molar-refractivity contribution in [2.75, 3.05) is 18.6 Å². The van der Waals surface area contributed by atoms with Crippen molar-refractivity contribution in [2.45, 2.75) is 0 Å². The first-order valence-electron chi connectivity index (χ1n) is 4.43. The zero-order valence-electron chi connectivity index (χ0n) is 8.73. The summed E-state index contributed by atoms with van der Waals surface area (Å²) in [6.07, 6.45) is 3.58. The summed E-state index contributed by atoms with van der Waals surface area (Å²) >= 11 is 1.26. The van der Waals surface area contributed by atoms with Crippen molar-refractivity contribution in [1.29, 1.82) is 0 Å². The largest absolute Gasteiger partial charge is 0.468 e. The molecule has 0 saturated carbocycles. The second-order valence-corrected chi connectivity index (χ2v) is 4.04. The number of Topliss-reactive ketones (excluding diaryl/α,β-unsaturated/α-hetero) is 1. The van der Waals surface area contributed by atoms with Gasteiger partial charge in [0.2, 0.25) is 0 Å². The average Bonchev–Trinajstić information content (AvgIpc) is 2.64. The van der Waals surface area contributed by atoms with Crippen molar-refractivity contribution in [3.63, 3.8) is 0 Å². The normalized spacial score (nSPS) is 10.0. The molecule has 0 aliphatic carbocycles. The van der Waals surface area contributed by atoms with Crippen LogP contribution in [0.25, 0.3) is 0 Å². The molecule has 0 aliphatic heterocycles. The highest BCUT2D eigenvalue weighted by Gasteiger charge is 2.08. The molecule has 0 aliphatic rings. The minimum Gasteiger partial charge on any atom is -0.468 e. The van der Waals surface area contributed by atoms with Gasteiger partial charge in [-0.1, -0.05) is 0 Å². The first-order valence-corrected chi connectivity index (χ1v) is 5.58. The van der Waals surface area contributed by atoms with Gasteiger partial charge in [0.1, 0.15) is 0 Å². The fraction of sp³-hybridized carbons (Fsp3) is 0.400. The molecule has 4 nitrogen and oxygen atoms in total. The fourth-order valence-electron chi connectivity index (χ4n) is 1.04. The minimum atomic E-state index is -0.305. The summed E-state index contributed by atoms with van der Waals surface area (Å²) in [5, 5.41) is 0. The highest BCUT2D eigenvalue weighted by molar-refractivity contribution is 8.00. The van der Waals surface area contributed by atoms with E-state index in [-0.39, 0.29) is 17.5 Å². The number of carbonyl (C=O) groups excluding carboxylic acids is 2. The zero-order valence-corrected chi connectivity index (χ0v) is 9.54. The predicted molar refractivity (Wildman–Crippen MR) is 59.1 cm³/mol. The fourth-order valence-corrected chi connectivity index (χ4v) is 1.78. The van der Waals surface area contributed by atoms with E-state index in [9.17, 15) is 9.59 Å². The summed E-state index contributed by atoms with van der Waals surface area (Å²) in [5.74, 6) is 0.249. The van der Waals surface area contributed by atoms with Crippen molar-refractivity contribution in [3.05, 3.63) is 24.0 Å². The Morgan fingerprint density at radius 2 is 2.20 bits per heavy atom. The lowest BCUT2D eigenvalue weighted by Crippen LogP contribution is -2.07. The molecule has 0 aromatic carbocycles. The lowest BCUT2D eigenvalue weighted by molar-refractivity contribution is -0.137. The molecule has 0 N–H and O–H groups in total. The second kappa shape index (κ2) is 5.60. The van der Waals surface area contributed by atoms with E-state index >= 15 is 0 Å². The molecule has 0 atom stereocenters. The van der Waals surface area contributed by atoms with Gasteiger partial charge in [-0.15, -0.1) is 11.8 Å². The molecule has 5 heteroatoms. The smallest absolute Gasteiger partial charge is 0.315 e. The monoisotopic (exact) mass is 227 g/mol. The van der Waals surface area contributed by atoms with Gasteiger partial charge in [0.05, 0.1) is 18.6 Å². The number of esters is 1. The van der Waals surface area contributed by atoms with Gasteiger partial charge in [-0.25, -0.2) is 0 Å². The van der Waals surface area contributed by atoms with Crippen molar-refractivity contribution in [2.24, 2.45) is 7.05 Å². The van der Waals surface area contributed by atoms with E-state index in [4.69, 9.17) is 0 Å². The second-order valence-electron chi connectivity index (χ2n) is 3.06. The Balaban J connectivity index is 2.34. The molecule has 0 saturated heterocycles. The third-order valence-corrected chi connectivity index (χ3v) is 2.74. The van der Waals surface area contributed by atoms with Crippen LogP contribution in [0.3, 0.4) is 0 Å². The number of thioether (sulfide) groups is 1. The Labute approximate surface area is 92.6 Å². The van der Waals surface area contributed by atoms with E-state index in [1.54, 1.807) is 12.3 Å². The predicted octanol–water partition coefficient (Wildman–Crippen LogP) is 1.11. The third kappa shape index (κ3) is 3.79. The van der Waals surface area contributed by atoms with Crippen LogP contribution in [-0.4, -0.2) is 34.9 Å². The van der Waals surface area contributed by atoms with E-state index in [0.717, 1.165) is 0 Å². The van der Waals surface area contributed by atoms with Crippen LogP contribution in [0.4, 0.5) is 0 Å². The number of aromatic nitrogens is 1. The number of hydrogen-bond donors (Lipinski definition) is 0. The van der Waals surface area contributed by atoms with E-state index in [2.05, 4.69) is 4.74 Å². The van der Waals surface area contributed by atoms with Crippen LogP contribution in [0.15, 0.2) is 18.5 Å². The zero-order chi connectivity index (χ0) is 11.3. The molecule has 1 aromatic heterocycles. The molecular formula is C10H13NO3S. The van der Waals surface area contributed by atoms with Gasteiger partial charge in [-0.2, -0.15) is 0 Å². The number of rotatable bonds is 5. The summed E-state index contributed by atoms with van der Waals surface area (Å²) in [5.41, 5.74) is 0.676. The summed E-state index contributed by atoms with van der Waals surface area (Å²) in [6, 6.07) is 1.76. The Kier molecular flexibility index (Phi) is 4.42. The van der Waals surface area contributed by atoms with Crippen LogP contribution in [0, 0.1) is 0 Å². The Bertz CT molecular complexity index is 359. The maximum Gasteiger partial charge on any atom is 0.315 e. The average molecular weight is 227 g/mol. The number of methoxy groups -OCH3 is 1. The number of ether oxygens (including phenoxy) is 1. The van der Waals surface area contributed by atoms with Crippen LogP contribution in [-0.2, 0) is 16.6 Å². The molecule has 15 heavy (non-hydrogen) atoms. The molecule has 1 rings (SSSR count). The Morgan fingerprint density at radius 3 is 2.73 bits per heavy atom. The molecule has 0 bridgehead atoms. The molecule has 1 heterocycles. The number of aryl methyl sites for hydroxylation is 1. The van der Waals surface area contributed by atoms with Gasteiger partial charge >= 0.3 is 5.97 Å². The number of ketones is 1. The maximum absolute atomic E-state index is 11.5. The first kappa shape index (κ1) is 11.8. The molecular weight excluding hydrogens is 214 g/mol. The van der Waals surface area contributed by atoms with Gasteiger partial charge in [-0.3, -0.25) is 9.59 Å². The van der Waals surface area contributed by atoms with Gasteiger partial charge in [0, 0.05) is 25.0 Å². The molecule has 0 unspecified atom stereocenters. The van der Waals surface area contributed by atoms with E-state index in [1.165, 1.54) is 18.9 Å². The SMILES string of the molecule is COC(=O)CSCC(=O)c1ccn(C)c1. The van der Waals surface area contributed by atoms with Crippen LogP contribution < -0.4 is 0 Å². The van der Waals surface area contributed by atoms with E-state index in [1.807, 2.05) is 17.8 Å². The lowest BCUT2D eigenvalue weighted by atomic mass is 10.2. The number of carbonyl (C=O) groups is 2. The van der Waals surface area contributed by atoms with Crippen molar-refractivity contribution >= 4 is 23.5 Å². The Hall–Kier alpha value is -1.23. The summed E-state index contributed by atoms with van der Waals surface area (Å²) < 4.78 is 6.28. The van der Waals surface area contributed by atoms with E-state index in [0.29, 0.717) is 11.3 Å². The minimum absolute atomic E-state index is 0.0319. The van der Waals surface area contributed by atoms with Crippen LogP contribution in [0.2, 0.25) is 0 Å². The molecule has 1 aromatic rings. The number of nitrogens with zero attached hydrogens (tertiary/aromatic N) is 1. The van der Waals surface area contributed by atoms with Crippen LogP contribution >= 0.6 is 11.8 Å². The van der Waals surface area contributed by atoms with Crippen molar-refractivity contribution in [1.82, 2.24) is 4.57 Å². The third-order valence-electron chi connectivity index (χ3n) is 1.83. The lowest BCUT2D eigenvalue weighted by Gasteiger charge is -1.98. The first-order chi connectivity index (χ1) is 7.13. The summed E-state index contributed by atoms with van der Waals surface area (Å²) in [4.78, 5) is 22.3. The topological polar surface area (TPSA) is 48.3 Å². The highest BCUT2D eigenvalue weighted by Crippen LogP contribution is 2.07. The van der Waals surface area contributed by atoms with Gasteiger partial charge < -0.3 is 9.30 Å². The summed E-state index contributed by atoms with van der Waals surface area (Å²) in [7, 11) is 3.19. The van der Waals surface area contributed by atoms with E-state index < -0.39 is 0 Å². The van der Waals surface area contributed by atoms with Crippen molar-refractivity contribution < 1.29 is 14.3 Å². The van der Waals surface area contributed by atoms with Crippen molar-refractivity contribution in [3.8, 4) is 0 Å². The van der Waals surface area contributed by atoms with Gasteiger partial charge in [0.15, 0.2) is 5.78 Å². The van der Waals surface area contributed by atoms with Crippen LogP contribution in [0.5, 0.6) is 0 Å². The van der Waals surface area contributed by atoms with Gasteiger partial charge in [-0.05, 0) is 6.07 Å². The summed E-state index contributed by atoms with van der Waals surface area (Å²) in [6.45, 7) is 0. The molecule has 0 spiro atoms. The number of hydrogen-bond acceptors (Lipinski definition) is 4. The highest BCUT2D eigenvalue weighted by atomic mass is 32.2. The molecule has 0 amide bonds. The van der Waals surface area contributed by atoms with Crippen LogP contribution in [0.1, 0.15) is 10.4 Å². The standard InChI is InChI=1S/C10H13NO3S/c1-11-4-3-8(5-11)9(12)6-15-7-10(13)14-2/h3-5H,6-7H2,1-2H3. The van der Waals surface area contributed by atoms with Gasteiger partial charge in [0.25, 0.3) is 0 Å². The quantitative estimate of drug-likeness (QED) is 0.558. The molecule has 0 radical (unpaired) electrons. The maximum atomic E-state index is 11.5. The Morgan fingerprint density at radius 1 is 1.47 bits per heavy atom.